The minimum absolute atomic E-state index is 0.335. The van der Waals surface area contributed by atoms with Crippen LogP contribution in [0.15, 0.2) is 18.3 Å². The molecule has 0 fully saturated rings. The van der Waals surface area contributed by atoms with Crippen LogP contribution in [-0.2, 0) is 13.5 Å². The quantitative estimate of drug-likeness (QED) is 0.928. The number of aryl methyl sites for hydroxylation is 2. The molecule has 0 aromatic carbocycles. The van der Waals surface area contributed by atoms with Gasteiger partial charge in [0.2, 0.25) is 0 Å². The first-order valence-corrected chi connectivity index (χ1v) is 5.92. The summed E-state index contributed by atoms with van der Waals surface area (Å²) in [7, 11) is 1.82. The fourth-order valence-electron chi connectivity index (χ4n) is 1.82. The van der Waals surface area contributed by atoms with Crippen LogP contribution in [0.25, 0.3) is 0 Å². The molecule has 2 N–H and O–H groups in total. The minimum Gasteiger partial charge on any atom is -0.322 e. The van der Waals surface area contributed by atoms with Crippen molar-refractivity contribution in [1.82, 2.24) is 14.8 Å². The molecular weight excluding hydrogens is 255 g/mol. The summed E-state index contributed by atoms with van der Waals surface area (Å²) in [5.41, 5.74) is 8.30. The maximum Gasteiger partial charge on any atom is 0.141 e. The molecule has 0 aliphatic rings. The van der Waals surface area contributed by atoms with Gasteiger partial charge in [-0.2, -0.15) is 5.10 Å². The van der Waals surface area contributed by atoms with E-state index in [4.69, 9.17) is 17.3 Å². The Labute approximate surface area is 110 Å². The highest BCUT2D eigenvalue weighted by molar-refractivity contribution is 6.31. The molecule has 1 atom stereocenters. The Morgan fingerprint density at radius 2 is 2.22 bits per heavy atom. The van der Waals surface area contributed by atoms with E-state index in [1.54, 1.807) is 10.7 Å². The molecule has 96 valence electrons. The summed E-state index contributed by atoms with van der Waals surface area (Å²) < 4.78 is 14.5. The number of hydrogen-bond acceptors (Lipinski definition) is 3. The van der Waals surface area contributed by atoms with Crippen molar-refractivity contribution in [3.63, 3.8) is 0 Å². The second-order valence-corrected chi connectivity index (χ2v) is 4.56. The molecular formula is C12H14ClFN4. The van der Waals surface area contributed by atoms with Gasteiger partial charge in [0, 0.05) is 13.5 Å². The van der Waals surface area contributed by atoms with Crippen molar-refractivity contribution >= 4 is 11.6 Å². The molecule has 6 heteroatoms. The van der Waals surface area contributed by atoms with E-state index in [-0.39, 0.29) is 11.9 Å². The van der Waals surface area contributed by atoms with Crippen molar-refractivity contribution in [2.24, 2.45) is 12.8 Å². The Morgan fingerprint density at radius 3 is 2.72 bits per heavy atom. The Hall–Kier alpha value is -1.46. The van der Waals surface area contributed by atoms with Crippen molar-refractivity contribution in [2.45, 2.75) is 19.4 Å². The van der Waals surface area contributed by atoms with E-state index < -0.39 is 0 Å². The topological polar surface area (TPSA) is 56.7 Å². The average molecular weight is 269 g/mol. The van der Waals surface area contributed by atoms with E-state index in [0.29, 0.717) is 17.1 Å². The van der Waals surface area contributed by atoms with Gasteiger partial charge in [-0.05, 0) is 19.1 Å². The average Bonchev–Trinajstić information content (AvgIpc) is 2.57. The van der Waals surface area contributed by atoms with Gasteiger partial charge in [0.15, 0.2) is 0 Å². The normalized spacial score (nSPS) is 12.7. The number of hydrogen-bond donors (Lipinski definition) is 1. The number of nitrogens with zero attached hydrogens (tertiary/aromatic N) is 3. The predicted octanol–water partition coefficient (Wildman–Crippen LogP) is 2.16. The predicted molar refractivity (Wildman–Crippen MR) is 67.8 cm³/mol. The lowest BCUT2D eigenvalue weighted by Crippen LogP contribution is -2.17. The first-order valence-electron chi connectivity index (χ1n) is 5.54. The molecule has 0 bridgehead atoms. The molecule has 0 aliphatic heterocycles. The number of aromatic nitrogens is 3. The third-order valence-electron chi connectivity index (χ3n) is 2.81. The molecule has 1 unspecified atom stereocenters. The molecule has 0 amide bonds. The van der Waals surface area contributed by atoms with Gasteiger partial charge >= 0.3 is 0 Å². The zero-order valence-electron chi connectivity index (χ0n) is 10.2. The highest BCUT2D eigenvalue weighted by Crippen LogP contribution is 2.23. The van der Waals surface area contributed by atoms with Crippen molar-refractivity contribution in [1.29, 1.82) is 0 Å². The minimum atomic E-state index is -0.375. The van der Waals surface area contributed by atoms with Gasteiger partial charge in [0.05, 0.1) is 34.3 Å². The molecule has 0 spiro atoms. The lowest BCUT2D eigenvalue weighted by Gasteiger charge is -2.11. The molecule has 2 aromatic rings. The molecule has 18 heavy (non-hydrogen) atoms. The van der Waals surface area contributed by atoms with E-state index in [9.17, 15) is 4.39 Å². The lowest BCUT2D eigenvalue weighted by atomic mass is 10.1. The maximum atomic E-state index is 12.8. The summed E-state index contributed by atoms with van der Waals surface area (Å²) >= 11 is 6.15. The molecule has 2 rings (SSSR count). The summed E-state index contributed by atoms with van der Waals surface area (Å²) in [4.78, 5) is 3.97. The molecule has 2 aromatic heterocycles. The summed E-state index contributed by atoms with van der Waals surface area (Å²) in [5.74, 6) is -0.375. The first kappa shape index (κ1) is 13.0. The van der Waals surface area contributed by atoms with Crippen LogP contribution in [-0.4, -0.2) is 14.8 Å². The Balaban J connectivity index is 2.21. The Bertz CT molecular complexity index is 550. The van der Waals surface area contributed by atoms with Crippen LogP contribution < -0.4 is 5.73 Å². The number of rotatable bonds is 3. The van der Waals surface area contributed by atoms with Crippen LogP contribution >= 0.6 is 11.6 Å². The molecule has 0 saturated heterocycles. The zero-order chi connectivity index (χ0) is 13.3. The second kappa shape index (κ2) is 5.04. The van der Waals surface area contributed by atoms with Crippen molar-refractivity contribution in [3.8, 4) is 0 Å². The van der Waals surface area contributed by atoms with E-state index in [1.165, 1.54) is 6.07 Å². The molecule has 2 heterocycles. The number of halogens is 2. The molecule has 0 saturated carbocycles. The van der Waals surface area contributed by atoms with Crippen molar-refractivity contribution in [2.75, 3.05) is 0 Å². The third-order valence-corrected chi connectivity index (χ3v) is 3.30. The van der Waals surface area contributed by atoms with E-state index in [1.807, 2.05) is 14.0 Å². The van der Waals surface area contributed by atoms with Crippen LogP contribution in [0.4, 0.5) is 4.39 Å². The third kappa shape index (κ3) is 2.52. The highest BCUT2D eigenvalue weighted by Gasteiger charge is 2.16. The van der Waals surface area contributed by atoms with Crippen LogP contribution in [0.3, 0.4) is 0 Å². The first-order chi connectivity index (χ1) is 8.49. The van der Waals surface area contributed by atoms with E-state index in [0.717, 1.165) is 17.6 Å². The van der Waals surface area contributed by atoms with Gasteiger partial charge in [-0.15, -0.1) is 0 Å². The van der Waals surface area contributed by atoms with Crippen LogP contribution in [0.2, 0.25) is 5.02 Å². The van der Waals surface area contributed by atoms with Gasteiger partial charge in [-0.1, -0.05) is 11.6 Å². The van der Waals surface area contributed by atoms with E-state index in [2.05, 4.69) is 10.1 Å². The van der Waals surface area contributed by atoms with Gasteiger partial charge in [-0.3, -0.25) is 9.67 Å². The Kier molecular flexibility index (Phi) is 3.63. The molecule has 0 aliphatic carbocycles. The monoisotopic (exact) mass is 268 g/mol. The largest absolute Gasteiger partial charge is 0.322 e. The smallest absolute Gasteiger partial charge is 0.141 e. The SMILES string of the molecule is Cc1nn(C)c(CC(N)c2ccc(F)cn2)c1Cl. The fraction of sp³-hybridized carbons (Fsp3) is 0.333. The zero-order valence-corrected chi connectivity index (χ0v) is 10.9. The maximum absolute atomic E-state index is 12.8. The van der Waals surface area contributed by atoms with Gasteiger partial charge in [-0.25, -0.2) is 4.39 Å². The Morgan fingerprint density at radius 1 is 1.50 bits per heavy atom. The van der Waals surface area contributed by atoms with Gasteiger partial charge in [0.1, 0.15) is 5.82 Å². The standard InChI is InChI=1S/C12H14ClFN4/c1-7-12(13)11(18(2)17-7)5-9(15)10-4-3-8(14)6-16-10/h3-4,6,9H,5,15H2,1-2H3. The number of pyridine rings is 1. The van der Waals surface area contributed by atoms with Gasteiger partial charge in [0.25, 0.3) is 0 Å². The summed E-state index contributed by atoms with van der Waals surface area (Å²) in [5, 5.41) is 4.84. The fourth-order valence-corrected chi connectivity index (χ4v) is 2.06. The summed E-state index contributed by atoms with van der Waals surface area (Å²) in [6.45, 7) is 1.84. The number of nitrogens with two attached hydrogens (primary N) is 1. The van der Waals surface area contributed by atoms with E-state index >= 15 is 0 Å². The van der Waals surface area contributed by atoms with Gasteiger partial charge < -0.3 is 5.73 Å². The molecule has 4 nitrogen and oxygen atoms in total. The highest BCUT2D eigenvalue weighted by atomic mass is 35.5. The van der Waals surface area contributed by atoms with Crippen molar-refractivity contribution in [3.05, 3.63) is 46.3 Å². The summed E-state index contributed by atoms with van der Waals surface area (Å²) in [6.07, 6.45) is 1.67. The summed E-state index contributed by atoms with van der Waals surface area (Å²) in [6, 6.07) is 2.59. The lowest BCUT2D eigenvalue weighted by molar-refractivity contribution is 0.603. The second-order valence-electron chi connectivity index (χ2n) is 4.18. The van der Waals surface area contributed by atoms with Crippen molar-refractivity contribution < 1.29 is 4.39 Å². The van der Waals surface area contributed by atoms with Crippen LogP contribution in [0.5, 0.6) is 0 Å². The van der Waals surface area contributed by atoms with Crippen LogP contribution in [0.1, 0.15) is 23.1 Å². The molecule has 0 radical (unpaired) electrons. The van der Waals surface area contributed by atoms with Crippen LogP contribution in [0, 0.1) is 12.7 Å².